The van der Waals surface area contributed by atoms with E-state index in [-0.39, 0.29) is 11.9 Å². The molecule has 122 valence electrons. The summed E-state index contributed by atoms with van der Waals surface area (Å²) in [5.41, 5.74) is 0.766. The molecular formula is C18H22FN3S. The maximum atomic E-state index is 14.7. The average molecular weight is 331 g/mol. The lowest BCUT2D eigenvalue weighted by molar-refractivity contribution is 0.115. The van der Waals surface area contributed by atoms with E-state index in [2.05, 4.69) is 27.4 Å². The van der Waals surface area contributed by atoms with Gasteiger partial charge in [0.05, 0.1) is 5.03 Å². The van der Waals surface area contributed by atoms with Crippen LogP contribution in [0, 0.1) is 0 Å². The fourth-order valence-corrected chi connectivity index (χ4v) is 4.69. The number of hydrogen-bond donors (Lipinski definition) is 0. The van der Waals surface area contributed by atoms with Gasteiger partial charge in [0.2, 0.25) is 0 Å². The number of likely N-dealkylation sites (N-methyl/N-ethyl adjacent to an activating group) is 1. The van der Waals surface area contributed by atoms with E-state index in [1.54, 1.807) is 11.8 Å². The van der Waals surface area contributed by atoms with Crippen molar-refractivity contribution in [3.63, 3.8) is 0 Å². The zero-order valence-corrected chi connectivity index (χ0v) is 14.2. The molecule has 1 aromatic heterocycles. The summed E-state index contributed by atoms with van der Waals surface area (Å²) < 4.78 is 16.7. The highest BCUT2D eigenvalue weighted by Crippen LogP contribution is 2.41. The smallest absolute Gasteiger partial charge is 0.128 e. The Balaban J connectivity index is 1.53. The molecule has 0 saturated carbocycles. The van der Waals surface area contributed by atoms with Crippen molar-refractivity contribution in [2.75, 3.05) is 32.7 Å². The Hall–Kier alpha value is -1.30. The fourth-order valence-electron chi connectivity index (χ4n) is 3.53. The third kappa shape index (κ3) is 2.93. The number of aromatic nitrogens is 1. The molecule has 3 aliphatic rings. The number of thioether (sulfide) groups is 1. The van der Waals surface area contributed by atoms with Crippen LogP contribution in [0.3, 0.4) is 0 Å². The predicted molar refractivity (Wildman–Crippen MR) is 93.9 cm³/mol. The molecule has 0 bridgehead atoms. The first-order chi connectivity index (χ1) is 11.2. The normalized spacial score (nSPS) is 25.8. The molecule has 23 heavy (non-hydrogen) atoms. The van der Waals surface area contributed by atoms with Crippen LogP contribution < -0.4 is 0 Å². The maximum absolute atomic E-state index is 14.7. The van der Waals surface area contributed by atoms with Gasteiger partial charge in [-0.3, -0.25) is 4.90 Å². The van der Waals surface area contributed by atoms with Gasteiger partial charge in [-0.25, -0.2) is 4.39 Å². The van der Waals surface area contributed by atoms with E-state index in [1.165, 1.54) is 0 Å². The third-order valence-electron chi connectivity index (χ3n) is 4.98. The summed E-state index contributed by atoms with van der Waals surface area (Å²) in [6.45, 7) is 7.55. The second-order valence-corrected chi connectivity index (χ2v) is 7.38. The maximum Gasteiger partial charge on any atom is 0.128 e. The molecule has 0 aromatic carbocycles. The number of hydrogen-bond acceptors (Lipinski definition) is 3. The fraction of sp³-hybridized carbons (Fsp3) is 0.444. The van der Waals surface area contributed by atoms with E-state index < -0.39 is 0 Å². The van der Waals surface area contributed by atoms with Gasteiger partial charge in [-0.2, -0.15) is 0 Å². The Morgan fingerprint density at radius 1 is 1.26 bits per heavy atom. The van der Waals surface area contributed by atoms with Crippen LogP contribution in [-0.2, 0) is 0 Å². The first-order valence-electron chi connectivity index (χ1n) is 8.34. The van der Waals surface area contributed by atoms with E-state index in [9.17, 15) is 4.39 Å². The van der Waals surface area contributed by atoms with Crippen LogP contribution in [0.5, 0.6) is 0 Å². The Morgan fingerprint density at radius 3 is 2.87 bits per heavy atom. The summed E-state index contributed by atoms with van der Waals surface area (Å²) in [6, 6.07) is 4.32. The van der Waals surface area contributed by atoms with Gasteiger partial charge in [0.15, 0.2) is 0 Å². The van der Waals surface area contributed by atoms with Crippen LogP contribution in [0.15, 0.2) is 51.8 Å². The Bertz CT molecular complexity index is 680. The van der Waals surface area contributed by atoms with Crippen molar-refractivity contribution in [2.24, 2.45) is 0 Å². The SMILES string of the molecule is CCN1CCN(C2C=C(F)C3=C(C2)Sc2cccn2C=C3)CC1. The minimum absolute atomic E-state index is 0.0660. The Morgan fingerprint density at radius 2 is 2.09 bits per heavy atom. The lowest BCUT2D eigenvalue weighted by Gasteiger charge is -2.39. The molecule has 0 N–H and O–H groups in total. The number of rotatable bonds is 2. The van der Waals surface area contributed by atoms with Crippen LogP contribution in [0.1, 0.15) is 13.3 Å². The molecule has 1 aromatic rings. The van der Waals surface area contributed by atoms with Crippen molar-refractivity contribution in [3.05, 3.63) is 46.8 Å². The number of halogens is 1. The monoisotopic (exact) mass is 331 g/mol. The van der Waals surface area contributed by atoms with Gasteiger partial charge in [0, 0.05) is 55.1 Å². The lowest BCUT2D eigenvalue weighted by Crippen LogP contribution is -2.50. The van der Waals surface area contributed by atoms with Crippen LogP contribution in [0.2, 0.25) is 0 Å². The van der Waals surface area contributed by atoms with E-state index in [4.69, 9.17) is 0 Å². The van der Waals surface area contributed by atoms with E-state index in [1.807, 2.05) is 30.6 Å². The number of piperazine rings is 1. The van der Waals surface area contributed by atoms with Crippen LogP contribution in [0.25, 0.3) is 6.20 Å². The highest BCUT2D eigenvalue weighted by atomic mass is 32.2. The summed E-state index contributed by atoms with van der Waals surface area (Å²) >= 11 is 1.71. The summed E-state index contributed by atoms with van der Waals surface area (Å²) in [5, 5.41) is 1.16. The highest BCUT2D eigenvalue weighted by Gasteiger charge is 2.29. The molecule has 0 spiro atoms. The molecule has 1 unspecified atom stereocenters. The summed E-state index contributed by atoms with van der Waals surface area (Å²) in [7, 11) is 0. The summed E-state index contributed by atoms with van der Waals surface area (Å²) in [5.74, 6) is -0.0660. The minimum Gasteiger partial charge on any atom is -0.318 e. The van der Waals surface area contributed by atoms with Gasteiger partial charge >= 0.3 is 0 Å². The molecular weight excluding hydrogens is 309 g/mol. The number of nitrogens with zero attached hydrogens (tertiary/aromatic N) is 3. The van der Waals surface area contributed by atoms with Crippen LogP contribution in [0.4, 0.5) is 4.39 Å². The first-order valence-corrected chi connectivity index (χ1v) is 9.16. The van der Waals surface area contributed by atoms with Crippen molar-refractivity contribution >= 4 is 18.0 Å². The second kappa shape index (κ2) is 6.30. The largest absolute Gasteiger partial charge is 0.318 e. The highest BCUT2D eigenvalue weighted by molar-refractivity contribution is 8.03. The van der Waals surface area contributed by atoms with Crippen LogP contribution in [-0.4, -0.2) is 53.1 Å². The quantitative estimate of drug-likeness (QED) is 0.821. The standard InChI is InChI=1S/C18H22FN3S/c1-2-20-8-10-21(11-9-20)14-12-16(19)15-5-7-22-6-3-4-18(22)23-17(15)13-14/h3-7,12,14H,2,8-11,13H2,1H3. The predicted octanol–water partition coefficient (Wildman–Crippen LogP) is 3.58. The first kappa shape index (κ1) is 15.2. The molecule has 1 atom stereocenters. The van der Waals surface area contributed by atoms with Gasteiger partial charge in [-0.15, -0.1) is 0 Å². The van der Waals surface area contributed by atoms with Gasteiger partial charge in [0.1, 0.15) is 5.83 Å². The summed E-state index contributed by atoms with van der Waals surface area (Å²) in [6.07, 6.45) is 8.62. The number of fused-ring (bicyclic) bond motifs is 1. The molecule has 4 rings (SSSR count). The molecule has 5 heteroatoms. The van der Waals surface area contributed by atoms with Crippen molar-refractivity contribution in [2.45, 2.75) is 24.4 Å². The molecule has 3 heterocycles. The van der Waals surface area contributed by atoms with Gasteiger partial charge < -0.3 is 9.47 Å². The second-order valence-electron chi connectivity index (χ2n) is 6.26. The van der Waals surface area contributed by atoms with Gasteiger partial charge in [-0.1, -0.05) is 18.7 Å². The topological polar surface area (TPSA) is 11.4 Å². The van der Waals surface area contributed by atoms with Gasteiger partial charge in [0.25, 0.3) is 0 Å². The number of allylic oxidation sites excluding steroid dienone is 3. The molecule has 0 radical (unpaired) electrons. The van der Waals surface area contributed by atoms with Gasteiger partial charge in [-0.05, 0) is 37.3 Å². The van der Waals surface area contributed by atoms with E-state index >= 15 is 0 Å². The zero-order chi connectivity index (χ0) is 15.8. The molecule has 2 aliphatic heterocycles. The van der Waals surface area contributed by atoms with Crippen molar-refractivity contribution in [1.29, 1.82) is 0 Å². The minimum atomic E-state index is -0.0660. The molecule has 1 saturated heterocycles. The molecule has 3 nitrogen and oxygen atoms in total. The Kier molecular flexibility index (Phi) is 4.18. The molecule has 1 aliphatic carbocycles. The molecule has 1 fully saturated rings. The third-order valence-corrected chi connectivity index (χ3v) is 6.17. The van der Waals surface area contributed by atoms with Crippen LogP contribution >= 0.6 is 11.8 Å². The Labute approximate surface area is 141 Å². The van der Waals surface area contributed by atoms with Crippen molar-refractivity contribution in [3.8, 4) is 0 Å². The zero-order valence-electron chi connectivity index (χ0n) is 13.4. The van der Waals surface area contributed by atoms with E-state index in [0.29, 0.717) is 0 Å². The lowest BCUT2D eigenvalue weighted by atomic mass is 9.99. The molecule has 0 amide bonds. The van der Waals surface area contributed by atoms with Crippen molar-refractivity contribution in [1.82, 2.24) is 14.4 Å². The average Bonchev–Trinajstić information content (AvgIpc) is 2.93. The summed E-state index contributed by atoms with van der Waals surface area (Å²) in [4.78, 5) is 6.05. The van der Waals surface area contributed by atoms with E-state index in [0.717, 1.165) is 54.6 Å². The van der Waals surface area contributed by atoms with Crippen molar-refractivity contribution < 1.29 is 4.39 Å².